The zero-order chi connectivity index (χ0) is 25.3. The van der Waals surface area contributed by atoms with E-state index in [0.29, 0.717) is 36.9 Å². The van der Waals surface area contributed by atoms with Gasteiger partial charge >= 0.3 is 0 Å². The maximum absolute atomic E-state index is 12.6. The van der Waals surface area contributed by atoms with E-state index in [-0.39, 0.29) is 29.4 Å². The summed E-state index contributed by atoms with van der Waals surface area (Å²) in [6.07, 6.45) is 2.68. The fraction of sp³-hybridized carbons (Fsp3) is 0.296. The molecule has 0 fully saturated rings. The van der Waals surface area contributed by atoms with E-state index in [1.54, 1.807) is 24.4 Å². The first-order valence-electron chi connectivity index (χ1n) is 11.5. The van der Waals surface area contributed by atoms with Crippen LogP contribution in [-0.4, -0.2) is 46.1 Å². The van der Waals surface area contributed by atoms with E-state index in [1.165, 1.54) is 6.07 Å². The summed E-state index contributed by atoms with van der Waals surface area (Å²) in [4.78, 5) is 27.6. The number of phenols is 1. The molecule has 0 aliphatic heterocycles. The molecule has 0 aliphatic carbocycles. The Hall–Kier alpha value is -3.75. The van der Waals surface area contributed by atoms with E-state index < -0.39 is 6.10 Å². The van der Waals surface area contributed by atoms with Crippen molar-refractivity contribution >= 4 is 18.0 Å². The van der Waals surface area contributed by atoms with Gasteiger partial charge in [-0.15, -0.1) is 0 Å². The average Bonchev–Trinajstić information content (AvgIpc) is 2.84. The van der Waals surface area contributed by atoms with Gasteiger partial charge < -0.3 is 26.2 Å². The van der Waals surface area contributed by atoms with Gasteiger partial charge in [-0.3, -0.25) is 14.6 Å². The summed E-state index contributed by atoms with van der Waals surface area (Å²) in [5.74, 6) is -0.196. The van der Waals surface area contributed by atoms with Gasteiger partial charge in [-0.25, -0.2) is 0 Å². The van der Waals surface area contributed by atoms with E-state index in [0.717, 1.165) is 11.3 Å². The van der Waals surface area contributed by atoms with E-state index in [4.69, 9.17) is 0 Å². The van der Waals surface area contributed by atoms with Crippen molar-refractivity contribution in [3.63, 3.8) is 0 Å². The highest BCUT2D eigenvalue weighted by atomic mass is 16.3. The number of aliphatic hydroxyl groups is 1. The fourth-order valence-corrected chi connectivity index (χ4v) is 3.78. The topological polar surface area (TPSA) is 124 Å². The number of anilines is 1. The van der Waals surface area contributed by atoms with Gasteiger partial charge in [0.1, 0.15) is 5.75 Å². The van der Waals surface area contributed by atoms with E-state index in [2.05, 4.69) is 20.9 Å². The van der Waals surface area contributed by atoms with Crippen LogP contribution in [-0.2, 0) is 17.6 Å². The van der Waals surface area contributed by atoms with Crippen molar-refractivity contribution in [2.45, 2.75) is 38.3 Å². The molecule has 184 valence electrons. The van der Waals surface area contributed by atoms with Crippen molar-refractivity contribution < 1.29 is 19.8 Å². The van der Waals surface area contributed by atoms with Crippen LogP contribution < -0.4 is 16.0 Å². The standard InChI is InChI=1S/C27H32N4O4/c1-27(2,31-17-25(34)20-9-10-24(33)23(15-20)30-18-32)16-19-6-5-7-21(14-19)26(35)29-13-11-22-8-3-4-12-28-22/h3-10,12,14-15,18,25,31,33-34H,11,13,16-17H2,1-2H3,(H,29,35)(H,30,32)/t25-/m0/s1. The SMILES string of the molecule is CC(C)(Cc1cccc(C(=O)NCCc2ccccn2)c1)NC[C@H](O)c1ccc(O)c(NC=O)c1. The van der Waals surface area contributed by atoms with Crippen molar-refractivity contribution in [3.05, 3.63) is 89.2 Å². The van der Waals surface area contributed by atoms with Crippen molar-refractivity contribution in [1.29, 1.82) is 0 Å². The van der Waals surface area contributed by atoms with Gasteiger partial charge in [0.2, 0.25) is 6.41 Å². The highest BCUT2D eigenvalue weighted by molar-refractivity contribution is 5.94. The third kappa shape index (κ3) is 7.91. The lowest BCUT2D eigenvalue weighted by Crippen LogP contribution is -2.43. The molecule has 3 aromatic rings. The normalized spacial score (nSPS) is 12.1. The lowest BCUT2D eigenvalue weighted by atomic mass is 9.93. The molecule has 0 spiro atoms. The summed E-state index contributed by atoms with van der Waals surface area (Å²) >= 11 is 0. The molecule has 0 radical (unpaired) electrons. The van der Waals surface area contributed by atoms with Crippen molar-refractivity contribution in [1.82, 2.24) is 15.6 Å². The number of nitrogens with zero attached hydrogens (tertiary/aromatic N) is 1. The molecule has 1 aromatic heterocycles. The summed E-state index contributed by atoms with van der Waals surface area (Å²) in [5, 5.41) is 29.1. The number of hydrogen-bond donors (Lipinski definition) is 5. The molecule has 0 aliphatic rings. The molecular formula is C27H32N4O4. The Balaban J connectivity index is 1.54. The molecule has 0 saturated carbocycles. The number of pyridine rings is 1. The van der Waals surface area contributed by atoms with E-state index in [9.17, 15) is 19.8 Å². The number of aromatic hydroxyl groups is 1. The largest absolute Gasteiger partial charge is 0.506 e. The lowest BCUT2D eigenvalue weighted by molar-refractivity contribution is -0.105. The van der Waals surface area contributed by atoms with Crippen molar-refractivity contribution in [3.8, 4) is 5.75 Å². The van der Waals surface area contributed by atoms with Crippen LogP contribution >= 0.6 is 0 Å². The van der Waals surface area contributed by atoms with Gasteiger partial charge in [-0.05, 0) is 67.8 Å². The number of aliphatic hydroxyl groups excluding tert-OH is 1. The first-order valence-corrected chi connectivity index (χ1v) is 11.5. The second-order valence-electron chi connectivity index (χ2n) is 9.02. The van der Waals surface area contributed by atoms with Crippen LogP contribution in [0.5, 0.6) is 5.75 Å². The van der Waals surface area contributed by atoms with Gasteiger partial charge in [0.25, 0.3) is 5.91 Å². The van der Waals surface area contributed by atoms with Crippen LogP contribution in [0.4, 0.5) is 5.69 Å². The number of amides is 2. The number of carbonyl (C=O) groups excluding carboxylic acids is 2. The Labute approximate surface area is 205 Å². The molecule has 3 rings (SSSR count). The van der Waals surface area contributed by atoms with Crippen LogP contribution in [0.15, 0.2) is 66.9 Å². The maximum Gasteiger partial charge on any atom is 0.251 e. The monoisotopic (exact) mass is 476 g/mol. The van der Waals surface area contributed by atoms with Gasteiger partial charge in [-0.1, -0.05) is 24.3 Å². The number of hydrogen-bond acceptors (Lipinski definition) is 6. The quantitative estimate of drug-likeness (QED) is 0.202. The minimum atomic E-state index is -0.835. The zero-order valence-corrected chi connectivity index (χ0v) is 20.0. The average molecular weight is 477 g/mol. The molecule has 0 bridgehead atoms. The fourth-order valence-electron chi connectivity index (χ4n) is 3.78. The molecule has 8 nitrogen and oxygen atoms in total. The smallest absolute Gasteiger partial charge is 0.251 e. The number of aromatic nitrogens is 1. The molecule has 0 unspecified atom stereocenters. The molecular weight excluding hydrogens is 444 g/mol. The summed E-state index contributed by atoms with van der Waals surface area (Å²) in [5.41, 5.74) is 2.97. The lowest BCUT2D eigenvalue weighted by Gasteiger charge is -2.28. The van der Waals surface area contributed by atoms with Gasteiger partial charge in [0.05, 0.1) is 11.8 Å². The Morgan fingerprint density at radius 1 is 1.11 bits per heavy atom. The number of benzene rings is 2. The second kappa shape index (κ2) is 12.1. The third-order valence-electron chi connectivity index (χ3n) is 5.62. The van der Waals surface area contributed by atoms with Crippen LogP contribution in [0.25, 0.3) is 0 Å². The zero-order valence-electron chi connectivity index (χ0n) is 20.0. The Morgan fingerprint density at radius 3 is 2.69 bits per heavy atom. The summed E-state index contributed by atoms with van der Waals surface area (Å²) < 4.78 is 0. The van der Waals surface area contributed by atoms with Crippen LogP contribution in [0.1, 0.15) is 47.1 Å². The molecule has 1 atom stereocenters. The van der Waals surface area contributed by atoms with Crippen molar-refractivity contribution in [2.75, 3.05) is 18.4 Å². The highest BCUT2D eigenvalue weighted by Crippen LogP contribution is 2.27. The molecule has 5 N–H and O–H groups in total. The number of rotatable bonds is 12. The van der Waals surface area contributed by atoms with Crippen molar-refractivity contribution in [2.24, 2.45) is 0 Å². The predicted molar refractivity (Wildman–Crippen MR) is 135 cm³/mol. The van der Waals surface area contributed by atoms with Gasteiger partial charge in [0.15, 0.2) is 0 Å². The van der Waals surface area contributed by atoms with Crippen LogP contribution in [0.2, 0.25) is 0 Å². The van der Waals surface area contributed by atoms with Gasteiger partial charge in [0, 0.05) is 42.5 Å². The predicted octanol–water partition coefficient (Wildman–Crippen LogP) is 2.97. The summed E-state index contributed by atoms with van der Waals surface area (Å²) in [6, 6.07) is 17.8. The molecule has 2 amide bonds. The number of nitrogens with one attached hydrogen (secondary N) is 3. The Bertz CT molecular complexity index is 1140. The molecule has 8 heteroatoms. The molecule has 2 aromatic carbocycles. The van der Waals surface area contributed by atoms with Crippen LogP contribution in [0.3, 0.4) is 0 Å². The number of β-amino-alcohol motifs (C(OH)–C–C–N with tert-alkyl or cyclic N) is 1. The Morgan fingerprint density at radius 2 is 1.94 bits per heavy atom. The Kier molecular flexibility index (Phi) is 8.94. The van der Waals surface area contributed by atoms with Crippen LogP contribution in [0, 0.1) is 0 Å². The molecule has 0 saturated heterocycles. The van der Waals surface area contributed by atoms with Gasteiger partial charge in [-0.2, -0.15) is 0 Å². The summed E-state index contributed by atoms with van der Waals surface area (Å²) in [7, 11) is 0. The highest BCUT2D eigenvalue weighted by Gasteiger charge is 2.21. The van der Waals surface area contributed by atoms with E-state index in [1.807, 2.05) is 50.2 Å². The molecule has 1 heterocycles. The van der Waals surface area contributed by atoms with E-state index >= 15 is 0 Å². The minimum absolute atomic E-state index is 0.0676. The minimum Gasteiger partial charge on any atom is -0.506 e. The summed E-state index contributed by atoms with van der Waals surface area (Å²) in [6.45, 7) is 4.82. The maximum atomic E-state index is 12.6. The third-order valence-corrected chi connectivity index (χ3v) is 5.62. The second-order valence-corrected chi connectivity index (χ2v) is 9.02. The number of carbonyl (C=O) groups is 2. The first-order chi connectivity index (χ1) is 16.8. The number of phenolic OH excluding ortho intramolecular Hbond substituents is 1. The first kappa shape index (κ1) is 25.9. The molecule has 35 heavy (non-hydrogen) atoms.